The highest BCUT2D eigenvalue weighted by atomic mass is 32.1. The van der Waals surface area contributed by atoms with Gasteiger partial charge in [-0.15, -0.1) is 11.3 Å². The van der Waals surface area contributed by atoms with Crippen LogP contribution in [0.2, 0.25) is 0 Å². The van der Waals surface area contributed by atoms with Crippen molar-refractivity contribution in [1.82, 2.24) is 15.5 Å². The average Bonchev–Trinajstić information content (AvgIpc) is 3.39. The predicted molar refractivity (Wildman–Crippen MR) is 115 cm³/mol. The molecule has 0 saturated carbocycles. The Hall–Kier alpha value is -1.11. The predicted octanol–water partition coefficient (Wildman–Crippen LogP) is 3.13. The lowest BCUT2D eigenvalue weighted by Crippen LogP contribution is -2.54. The molecule has 3 rings (SSSR count). The third-order valence-electron chi connectivity index (χ3n) is 5.82. The maximum Gasteiger partial charge on any atom is 0.191 e. The zero-order valence-corrected chi connectivity index (χ0v) is 17.8. The third kappa shape index (κ3) is 5.93. The maximum atomic E-state index is 5.66. The fraction of sp³-hybridized carbons (Fsp3) is 0.762. The lowest BCUT2D eigenvalue weighted by molar-refractivity contribution is -0.0139. The molecule has 1 unspecified atom stereocenters. The molecule has 0 aromatic carbocycles. The Morgan fingerprint density at radius 1 is 1.30 bits per heavy atom. The van der Waals surface area contributed by atoms with Crippen LogP contribution in [0.1, 0.15) is 44.4 Å². The van der Waals surface area contributed by atoms with Crippen LogP contribution in [0.4, 0.5) is 0 Å². The molecule has 2 N–H and O–H groups in total. The summed E-state index contributed by atoms with van der Waals surface area (Å²) < 4.78 is 5.66. The summed E-state index contributed by atoms with van der Waals surface area (Å²) in [5.74, 6) is 1.55. The minimum atomic E-state index is 0.194. The molecule has 0 aliphatic carbocycles. The van der Waals surface area contributed by atoms with Gasteiger partial charge in [0.2, 0.25) is 0 Å². The molecule has 0 bridgehead atoms. The molecular formula is C21H36N4OS. The highest BCUT2D eigenvalue weighted by Crippen LogP contribution is 2.31. The Labute approximate surface area is 168 Å². The fourth-order valence-electron chi connectivity index (χ4n) is 4.20. The SMILES string of the molecule is CCNC(=NCC1(N2CCCC2)CCOCC1)NCC(C)Cc1cccs1. The highest BCUT2D eigenvalue weighted by Gasteiger charge is 2.39. The van der Waals surface area contributed by atoms with Crippen molar-refractivity contribution in [2.24, 2.45) is 10.9 Å². The molecule has 0 spiro atoms. The van der Waals surface area contributed by atoms with Gasteiger partial charge in [-0.3, -0.25) is 9.89 Å². The number of hydrogen-bond acceptors (Lipinski definition) is 4. The summed E-state index contributed by atoms with van der Waals surface area (Å²) in [4.78, 5) is 9.16. The zero-order valence-electron chi connectivity index (χ0n) is 17.0. The van der Waals surface area contributed by atoms with E-state index in [-0.39, 0.29) is 5.54 Å². The molecule has 2 aliphatic rings. The number of ether oxygens (including phenoxy) is 1. The molecule has 0 amide bonds. The standard InChI is InChI=1S/C21H36N4OS/c1-3-22-20(23-16-18(2)15-19-7-6-14-27-19)24-17-21(8-12-26-13-9-21)25-10-4-5-11-25/h6-7,14,18H,3-5,8-13,15-17H2,1-2H3,(H2,22,23,24). The Balaban J connectivity index is 1.57. The summed E-state index contributed by atoms with van der Waals surface area (Å²) in [6.45, 7) is 11.3. The number of thiophene rings is 1. The van der Waals surface area contributed by atoms with E-state index in [9.17, 15) is 0 Å². The van der Waals surface area contributed by atoms with Gasteiger partial charge in [0.1, 0.15) is 0 Å². The Morgan fingerprint density at radius 3 is 2.74 bits per heavy atom. The van der Waals surface area contributed by atoms with E-state index in [0.29, 0.717) is 5.92 Å². The topological polar surface area (TPSA) is 48.9 Å². The van der Waals surface area contributed by atoms with Crippen molar-refractivity contribution in [2.75, 3.05) is 45.9 Å². The van der Waals surface area contributed by atoms with Crippen LogP contribution in [-0.4, -0.2) is 62.3 Å². The Morgan fingerprint density at radius 2 is 2.07 bits per heavy atom. The maximum absolute atomic E-state index is 5.66. The van der Waals surface area contributed by atoms with Crippen molar-refractivity contribution in [3.63, 3.8) is 0 Å². The summed E-state index contributed by atoms with van der Waals surface area (Å²) in [5.41, 5.74) is 0.194. The van der Waals surface area contributed by atoms with Gasteiger partial charge in [-0.1, -0.05) is 13.0 Å². The summed E-state index contributed by atoms with van der Waals surface area (Å²) in [7, 11) is 0. The molecule has 2 fully saturated rings. The first kappa shape index (κ1) is 20.6. The molecule has 27 heavy (non-hydrogen) atoms. The molecule has 1 aromatic rings. The molecule has 2 aliphatic heterocycles. The fourth-order valence-corrected chi connectivity index (χ4v) is 5.07. The number of nitrogens with one attached hydrogen (secondary N) is 2. The van der Waals surface area contributed by atoms with E-state index in [1.165, 1.54) is 30.8 Å². The molecular weight excluding hydrogens is 356 g/mol. The van der Waals surface area contributed by atoms with Crippen LogP contribution in [0.5, 0.6) is 0 Å². The third-order valence-corrected chi connectivity index (χ3v) is 6.72. The molecule has 3 heterocycles. The number of hydrogen-bond donors (Lipinski definition) is 2. The second-order valence-corrected chi connectivity index (χ2v) is 9.03. The normalized spacial score (nSPS) is 21.9. The molecule has 152 valence electrons. The van der Waals surface area contributed by atoms with E-state index in [0.717, 1.165) is 58.1 Å². The van der Waals surface area contributed by atoms with Gasteiger partial charge in [-0.2, -0.15) is 0 Å². The number of guanidine groups is 1. The van der Waals surface area contributed by atoms with Gasteiger partial charge in [0.25, 0.3) is 0 Å². The van der Waals surface area contributed by atoms with E-state index >= 15 is 0 Å². The van der Waals surface area contributed by atoms with E-state index in [4.69, 9.17) is 9.73 Å². The van der Waals surface area contributed by atoms with Crippen LogP contribution >= 0.6 is 11.3 Å². The van der Waals surface area contributed by atoms with Crippen LogP contribution in [0.25, 0.3) is 0 Å². The van der Waals surface area contributed by atoms with E-state index < -0.39 is 0 Å². The van der Waals surface area contributed by atoms with Crippen molar-refractivity contribution in [3.05, 3.63) is 22.4 Å². The summed E-state index contributed by atoms with van der Waals surface area (Å²) in [5, 5.41) is 9.17. The smallest absolute Gasteiger partial charge is 0.191 e. The van der Waals surface area contributed by atoms with E-state index in [1.807, 2.05) is 11.3 Å². The van der Waals surface area contributed by atoms with Crippen molar-refractivity contribution in [2.45, 2.75) is 51.5 Å². The molecule has 5 nitrogen and oxygen atoms in total. The van der Waals surface area contributed by atoms with Crippen LogP contribution in [-0.2, 0) is 11.2 Å². The second-order valence-electron chi connectivity index (χ2n) is 8.00. The Kier molecular flexibility index (Phi) is 7.97. The van der Waals surface area contributed by atoms with E-state index in [1.54, 1.807) is 0 Å². The van der Waals surface area contributed by atoms with Crippen LogP contribution in [0.15, 0.2) is 22.5 Å². The van der Waals surface area contributed by atoms with Gasteiger partial charge in [-0.25, -0.2) is 0 Å². The largest absolute Gasteiger partial charge is 0.381 e. The zero-order chi connectivity index (χ0) is 19.0. The van der Waals surface area contributed by atoms with E-state index in [2.05, 4.69) is 46.9 Å². The van der Waals surface area contributed by atoms with Crippen LogP contribution in [0.3, 0.4) is 0 Å². The Bertz CT molecular complexity index is 563. The molecule has 6 heteroatoms. The van der Waals surface area contributed by atoms with Crippen molar-refractivity contribution < 1.29 is 4.74 Å². The lowest BCUT2D eigenvalue weighted by Gasteiger charge is -2.43. The number of rotatable bonds is 8. The van der Waals surface area contributed by atoms with Crippen molar-refractivity contribution >= 4 is 17.3 Å². The van der Waals surface area contributed by atoms with Crippen molar-refractivity contribution in [3.8, 4) is 0 Å². The summed E-state index contributed by atoms with van der Waals surface area (Å²) >= 11 is 1.85. The molecule has 0 radical (unpaired) electrons. The molecule has 2 saturated heterocycles. The first-order valence-electron chi connectivity index (χ1n) is 10.6. The molecule has 1 atom stereocenters. The van der Waals surface area contributed by atoms with Crippen molar-refractivity contribution in [1.29, 1.82) is 0 Å². The number of aliphatic imine (C=N–C) groups is 1. The van der Waals surface area contributed by atoms with Crippen LogP contribution < -0.4 is 10.6 Å². The summed E-state index contributed by atoms with van der Waals surface area (Å²) in [6.07, 6.45) is 5.98. The average molecular weight is 393 g/mol. The van der Waals surface area contributed by atoms with Crippen LogP contribution in [0, 0.1) is 5.92 Å². The summed E-state index contributed by atoms with van der Waals surface area (Å²) in [6, 6.07) is 4.36. The second kappa shape index (κ2) is 10.4. The minimum Gasteiger partial charge on any atom is -0.381 e. The lowest BCUT2D eigenvalue weighted by atomic mass is 9.88. The van der Waals surface area contributed by atoms with Gasteiger partial charge in [0, 0.05) is 36.7 Å². The number of nitrogens with zero attached hydrogens (tertiary/aromatic N) is 2. The number of likely N-dealkylation sites (tertiary alicyclic amines) is 1. The first-order chi connectivity index (χ1) is 13.2. The monoisotopic (exact) mass is 392 g/mol. The van der Waals surface area contributed by atoms with Gasteiger partial charge >= 0.3 is 0 Å². The molecule has 1 aromatic heterocycles. The first-order valence-corrected chi connectivity index (χ1v) is 11.5. The van der Waals surface area contributed by atoms with Gasteiger partial charge in [0.15, 0.2) is 5.96 Å². The van der Waals surface area contributed by atoms with Gasteiger partial charge < -0.3 is 15.4 Å². The van der Waals surface area contributed by atoms with Gasteiger partial charge in [-0.05, 0) is 69.5 Å². The minimum absolute atomic E-state index is 0.194. The van der Waals surface area contributed by atoms with Gasteiger partial charge in [0.05, 0.1) is 6.54 Å². The highest BCUT2D eigenvalue weighted by molar-refractivity contribution is 7.09. The quantitative estimate of drug-likeness (QED) is 0.527.